The molecule has 1 heterocycles. The molecule has 0 aliphatic carbocycles. The van der Waals surface area contributed by atoms with E-state index in [9.17, 15) is 9.50 Å². The number of phenolic OH excluding ortho intramolecular Hbond substituents is 1. The number of hydrogen-bond acceptors (Lipinski definition) is 3. The Morgan fingerprint density at radius 1 is 1.47 bits per heavy atom. The summed E-state index contributed by atoms with van der Waals surface area (Å²) in [6, 6.07) is 3.88. The molecule has 102 valence electrons. The van der Waals surface area contributed by atoms with Crippen molar-refractivity contribution in [2.45, 2.75) is 19.4 Å². The quantitative estimate of drug-likeness (QED) is 0.869. The van der Waals surface area contributed by atoms with Crippen LogP contribution in [0.1, 0.15) is 24.1 Å². The molecule has 2 aromatic rings. The molecule has 1 aromatic heterocycles. The second kappa shape index (κ2) is 5.84. The van der Waals surface area contributed by atoms with Gasteiger partial charge in [0.15, 0.2) is 0 Å². The molecule has 5 heteroatoms. The molecule has 0 fully saturated rings. The van der Waals surface area contributed by atoms with Gasteiger partial charge >= 0.3 is 0 Å². The predicted octanol–water partition coefficient (Wildman–Crippen LogP) is 2.16. The van der Waals surface area contributed by atoms with Gasteiger partial charge in [0.1, 0.15) is 11.6 Å². The maximum atomic E-state index is 13.1. The van der Waals surface area contributed by atoms with Crippen LogP contribution in [-0.2, 0) is 13.5 Å². The van der Waals surface area contributed by atoms with E-state index < -0.39 is 0 Å². The first-order valence-corrected chi connectivity index (χ1v) is 6.25. The second-order valence-corrected chi connectivity index (χ2v) is 4.65. The van der Waals surface area contributed by atoms with Gasteiger partial charge in [0.05, 0.1) is 6.20 Å². The van der Waals surface area contributed by atoms with Gasteiger partial charge in [0, 0.05) is 24.8 Å². The monoisotopic (exact) mass is 263 g/mol. The first-order valence-electron chi connectivity index (χ1n) is 6.25. The second-order valence-electron chi connectivity index (χ2n) is 4.65. The molecule has 2 rings (SSSR count). The van der Waals surface area contributed by atoms with Gasteiger partial charge in [-0.15, -0.1) is 0 Å². The Hall–Kier alpha value is -1.88. The fraction of sp³-hybridized carbons (Fsp3) is 0.357. The maximum Gasteiger partial charge on any atom is 0.123 e. The molecule has 0 bridgehead atoms. The number of nitrogens with zero attached hydrogens (tertiary/aromatic N) is 2. The third kappa shape index (κ3) is 3.54. The van der Waals surface area contributed by atoms with Crippen molar-refractivity contribution in [1.29, 1.82) is 0 Å². The minimum Gasteiger partial charge on any atom is -0.508 e. The van der Waals surface area contributed by atoms with Crippen LogP contribution in [0, 0.1) is 5.82 Å². The molecule has 0 radical (unpaired) electrons. The summed E-state index contributed by atoms with van der Waals surface area (Å²) in [5.41, 5.74) is 1.72. The topological polar surface area (TPSA) is 50.1 Å². The lowest BCUT2D eigenvalue weighted by Crippen LogP contribution is -2.21. The van der Waals surface area contributed by atoms with Crippen molar-refractivity contribution in [1.82, 2.24) is 15.1 Å². The van der Waals surface area contributed by atoms with E-state index >= 15 is 0 Å². The average molecular weight is 263 g/mol. The normalized spacial score (nSPS) is 12.6. The van der Waals surface area contributed by atoms with Crippen molar-refractivity contribution in [3.63, 3.8) is 0 Å². The Morgan fingerprint density at radius 2 is 2.26 bits per heavy atom. The number of aromatic hydroxyl groups is 1. The molecule has 19 heavy (non-hydrogen) atoms. The van der Waals surface area contributed by atoms with Gasteiger partial charge in [-0.2, -0.15) is 5.10 Å². The molecule has 0 spiro atoms. The average Bonchev–Trinajstić information content (AvgIpc) is 2.78. The molecule has 1 aromatic carbocycles. The van der Waals surface area contributed by atoms with Crippen molar-refractivity contribution < 1.29 is 9.50 Å². The Balaban J connectivity index is 1.90. The molecule has 1 atom stereocenters. The van der Waals surface area contributed by atoms with Crippen LogP contribution >= 0.6 is 0 Å². The Bertz CT molecular complexity index is 553. The van der Waals surface area contributed by atoms with Crippen molar-refractivity contribution in [2.75, 3.05) is 6.54 Å². The summed E-state index contributed by atoms with van der Waals surface area (Å²) in [5, 5.41) is 17.1. The van der Waals surface area contributed by atoms with E-state index in [0.717, 1.165) is 18.5 Å². The van der Waals surface area contributed by atoms with Crippen LogP contribution in [0.2, 0.25) is 0 Å². The summed E-state index contributed by atoms with van der Waals surface area (Å²) in [4.78, 5) is 0. The van der Waals surface area contributed by atoms with Crippen LogP contribution in [0.5, 0.6) is 5.75 Å². The van der Waals surface area contributed by atoms with E-state index in [1.165, 1.54) is 18.2 Å². The van der Waals surface area contributed by atoms with E-state index in [0.29, 0.717) is 5.56 Å². The third-order valence-electron chi connectivity index (χ3n) is 3.08. The van der Waals surface area contributed by atoms with Crippen LogP contribution in [0.15, 0.2) is 30.6 Å². The minimum absolute atomic E-state index is 0.104. The van der Waals surface area contributed by atoms with E-state index in [2.05, 4.69) is 10.4 Å². The van der Waals surface area contributed by atoms with Crippen LogP contribution in [-0.4, -0.2) is 21.4 Å². The number of hydrogen-bond donors (Lipinski definition) is 2. The van der Waals surface area contributed by atoms with E-state index in [4.69, 9.17) is 0 Å². The number of aryl methyl sites for hydroxylation is 1. The fourth-order valence-corrected chi connectivity index (χ4v) is 2.02. The molecule has 1 unspecified atom stereocenters. The van der Waals surface area contributed by atoms with Crippen molar-refractivity contribution in [2.24, 2.45) is 7.05 Å². The molecule has 0 saturated heterocycles. The molecule has 2 N–H and O–H groups in total. The lowest BCUT2D eigenvalue weighted by atomic mass is 10.1. The summed E-state index contributed by atoms with van der Waals surface area (Å²) in [7, 11) is 1.88. The van der Waals surface area contributed by atoms with Gasteiger partial charge in [-0.1, -0.05) is 0 Å². The highest BCUT2D eigenvalue weighted by atomic mass is 19.1. The molecule has 4 nitrogen and oxygen atoms in total. The highest BCUT2D eigenvalue weighted by molar-refractivity contribution is 5.34. The van der Waals surface area contributed by atoms with E-state index in [1.807, 2.05) is 26.4 Å². The number of rotatable bonds is 5. The summed E-state index contributed by atoms with van der Waals surface area (Å²) in [5.74, 6) is -0.225. The van der Waals surface area contributed by atoms with Crippen LogP contribution in [0.25, 0.3) is 0 Å². The summed E-state index contributed by atoms with van der Waals surface area (Å²) < 4.78 is 14.9. The first kappa shape index (κ1) is 13.5. The zero-order valence-corrected chi connectivity index (χ0v) is 11.1. The van der Waals surface area contributed by atoms with E-state index in [1.54, 1.807) is 4.68 Å². The SMILES string of the molecule is CC(NCCc1cnn(C)c1)c1cc(F)ccc1O. The lowest BCUT2D eigenvalue weighted by Gasteiger charge is -2.15. The number of phenols is 1. The molecule has 0 aliphatic rings. The van der Waals surface area contributed by atoms with Gasteiger partial charge in [-0.05, 0) is 43.7 Å². The van der Waals surface area contributed by atoms with Crippen LogP contribution < -0.4 is 5.32 Å². The van der Waals surface area contributed by atoms with Gasteiger partial charge < -0.3 is 10.4 Å². The Kier molecular flexibility index (Phi) is 4.16. The fourth-order valence-electron chi connectivity index (χ4n) is 2.02. The van der Waals surface area contributed by atoms with Gasteiger partial charge in [0.2, 0.25) is 0 Å². The highest BCUT2D eigenvalue weighted by Crippen LogP contribution is 2.24. The summed E-state index contributed by atoms with van der Waals surface area (Å²) in [6.07, 6.45) is 4.63. The van der Waals surface area contributed by atoms with Crippen molar-refractivity contribution >= 4 is 0 Å². The standard InChI is InChI=1S/C14H18FN3O/c1-10(13-7-12(15)3-4-14(13)19)16-6-5-11-8-17-18(2)9-11/h3-4,7-10,16,19H,5-6H2,1-2H3. The smallest absolute Gasteiger partial charge is 0.123 e. The molecule has 0 amide bonds. The molecule has 0 saturated carbocycles. The highest BCUT2D eigenvalue weighted by Gasteiger charge is 2.10. The minimum atomic E-state index is -0.339. The van der Waals surface area contributed by atoms with Crippen molar-refractivity contribution in [3.8, 4) is 5.75 Å². The van der Waals surface area contributed by atoms with Crippen molar-refractivity contribution in [3.05, 3.63) is 47.5 Å². The number of aromatic nitrogens is 2. The summed E-state index contributed by atoms with van der Waals surface area (Å²) >= 11 is 0. The third-order valence-corrected chi connectivity index (χ3v) is 3.08. The van der Waals surface area contributed by atoms with Gasteiger partial charge in [-0.3, -0.25) is 4.68 Å². The van der Waals surface area contributed by atoms with Crippen LogP contribution in [0.3, 0.4) is 0 Å². The van der Waals surface area contributed by atoms with Gasteiger partial charge in [0.25, 0.3) is 0 Å². The predicted molar refractivity (Wildman–Crippen MR) is 71.4 cm³/mol. The van der Waals surface area contributed by atoms with Gasteiger partial charge in [-0.25, -0.2) is 4.39 Å². The maximum absolute atomic E-state index is 13.1. The molecular weight excluding hydrogens is 245 g/mol. The zero-order chi connectivity index (χ0) is 13.8. The summed E-state index contributed by atoms with van der Waals surface area (Å²) in [6.45, 7) is 2.64. The Labute approximate surface area is 111 Å². The largest absolute Gasteiger partial charge is 0.508 e. The molecule has 0 aliphatic heterocycles. The number of benzene rings is 1. The number of halogens is 1. The van der Waals surface area contributed by atoms with E-state index in [-0.39, 0.29) is 17.6 Å². The zero-order valence-electron chi connectivity index (χ0n) is 11.1. The first-order chi connectivity index (χ1) is 9.06. The Morgan fingerprint density at radius 3 is 2.95 bits per heavy atom. The molecular formula is C14H18FN3O. The lowest BCUT2D eigenvalue weighted by molar-refractivity contribution is 0.450. The van der Waals surface area contributed by atoms with Crippen LogP contribution in [0.4, 0.5) is 4.39 Å². The number of nitrogens with one attached hydrogen (secondary N) is 1.